The lowest BCUT2D eigenvalue weighted by Gasteiger charge is -2.04. The molecule has 1 aromatic carbocycles. The van der Waals surface area contributed by atoms with E-state index in [1.165, 1.54) is 13.1 Å². The summed E-state index contributed by atoms with van der Waals surface area (Å²) in [6.07, 6.45) is 0. The molecule has 0 unspecified atom stereocenters. The highest BCUT2D eigenvalue weighted by molar-refractivity contribution is 6.06. The van der Waals surface area contributed by atoms with Crippen molar-refractivity contribution in [1.82, 2.24) is 5.32 Å². The molecule has 2 amide bonds. The highest BCUT2D eigenvalue weighted by atomic mass is 19.1. The van der Waals surface area contributed by atoms with E-state index in [0.29, 0.717) is 0 Å². The van der Waals surface area contributed by atoms with Gasteiger partial charge in [-0.05, 0) is 18.2 Å². The summed E-state index contributed by atoms with van der Waals surface area (Å²) in [6, 6.07) is 3.25. The van der Waals surface area contributed by atoms with Crippen LogP contribution in [0.2, 0.25) is 0 Å². The van der Waals surface area contributed by atoms with Gasteiger partial charge >= 0.3 is 0 Å². The number of halogens is 1. The Balaban J connectivity index is 3.28. The van der Waals surface area contributed by atoms with Gasteiger partial charge in [0.1, 0.15) is 5.82 Å². The molecule has 1 aromatic rings. The fourth-order valence-corrected chi connectivity index (χ4v) is 1.05. The Morgan fingerprint density at radius 1 is 1.36 bits per heavy atom. The largest absolute Gasteiger partial charge is 0.366 e. The Hall–Kier alpha value is -1.91. The summed E-state index contributed by atoms with van der Waals surface area (Å²) >= 11 is 0. The van der Waals surface area contributed by atoms with Gasteiger partial charge in [-0.25, -0.2) is 4.39 Å². The number of hydrogen-bond donors (Lipinski definition) is 2. The Kier molecular flexibility index (Phi) is 2.81. The molecule has 0 aliphatic rings. The standard InChI is InChI=1S/C9H9FN2O2/c1-12-9(14)6-3-2-5(10)4-7(6)8(11)13/h2-4H,1H3,(H2,11,13)(H,12,14). The smallest absolute Gasteiger partial charge is 0.251 e. The molecular weight excluding hydrogens is 187 g/mol. The predicted molar refractivity (Wildman–Crippen MR) is 48.3 cm³/mol. The lowest BCUT2D eigenvalue weighted by molar-refractivity contribution is 0.0943. The first kappa shape index (κ1) is 10.2. The van der Waals surface area contributed by atoms with Crippen LogP contribution in [0.4, 0.5) is 4.39 Å². The van der Waals surface area contributed by atoms with Gasteiger partial charge in [0.2, 0.25) is 5.91 Å². The highest BCUT2D eigenvalue weighted by Crippen LogP contribution is 2.10. The average molecular weight is 196 g/mol. The van der Waals surface area contributed by atoms with Gasteiger partial charge in [0.05, 0.1) is 11.1 Å². The van der Waals surface area contributed by atoms with Crippen molar-refractivity contribution in [1.29, 1.82) is 0 Å². The van der Waals surface area contributed by atoms with Crippen LogP contribution in [0, 0.1) is 5.82 Å². The van der Waals surface area contributed by atoms with Gasteiger partial charge in [0, 0.05) is 7.05 Å². The topological polar surface area (TPSA) is 72.2 Å². The van der Waals surface area contributed by atoms with Crippen molar-refractivity contribution in [3.8, 4) is 0 Å². The van der Waals surface area contributed by atoms with Crippen LogP contribution < -0.4 is 11.1 Å². The fraction of sp³-hybridized carbons (Fsp3) is 0.111. The zero-order chi connectivity index (χ0) is 10.7. The molecule has 0 saturated heterocycles. The zero-order valence-corrected chi connectivity index (χ0v) is 7.50. The average Bonchev–Trinajstić information content (AvgIpc) is 2.16. The van der Waals surface area contributed by atoms with Gasteiger partial charge in [0.25, 0.3) is 5.91 Å². The summed E-state index contributed by atoms with van der Waals surface area (Å²) in [7, 11) is 1.41. The molecule has 74 valence electrons. The summed E-state index contributed by atoms with van der Waals surface area (Å²) in [5.41, 5.74) is 4.94. The minimum absolute atomic E-state index is 0.0707. The third kappa shape index (κ3) is 1.87. The van der Waals surface area contributed by atoms with Crippen LogP contribution in [-0.4, -0.2) is 18.9 Å². The number of benzene rings is 1. The molecule has 0 aliphatic heterocycles. The van der Waals surface area contributed by atoms with Crippen molar-refractivity contribution in [2.24, 2.45) is 5.73 Å². The van der Waals surface area contributed by atoms with Gasteiger partial charge in [-0.2, -0.15) is 0 Å². The maximum atomic E-state index is 12.7. The lowest BCUT2D eigenvalue weighted by Crippen LogP contribution is -2.23. The monoisotopic (exact) mass is 196 g/mol. The Labute approximate surface area is 79.9 Å². The van der Waals surface area contributed by atoms with E-state index in [1.54, 1.807) is 0 Å². The molecule has 0 radical (unpaired) electrons. The van der Waals surface area contributed by atoms with Crippen molar-refractivity contribution in [2.75, 3.05) is 7.05 Å². The van der Waals surface area contributed by atoms with Crippen LogP contribution in [-0.2, 0) is 0 Å². The molecule has 0 aliphatic carbocycles. The number of carbonyl (C=O) groups excluding carboxylic acids is 2. The molecule has 0 aromatic heterocycles. The van der Waals surface area contributed by atoms with Crippen molar-refractivity contribution >= 4 is 11.8 Å². The van der Waals surface area contributed by atoms with E-state index in [-0.39, 0.29) is 11.1 Å². The molecule has 14 heavy (non-hydrogen) atoms. The predicted octanol–water partition coefficient (Wildman–Crippen LogP) is 0.284. The molecule has 0 spiro atoms. The molecule has 0 fully saturated rings. The Morgan fingerprint density at radius 2 is 2.00 bits per heavy atom. The number of hydrogen-bond acceptors (Lipinski definition) is 2. The minimum Gasteiger partial charge on any atom is -0.366 e. The lowest BCUT2D eigenvalue weighted by atomic mass is 10.1. The first-order chi connectivity index (χ1) is 6.56. The van der Waals surface area contributed by atoms with Crippen molar-refractivity contribution in [2.45, 2.75) is 0 Å². The summed E-state index contributed by atoms with van der Waals surface area (Å²) in [4.78, 5) is 22.1. The van der Waals surface area contributed by atoms with E-state index in [1.807, 2.05) is 0 Å². The van der Waals surface area contributed by atoms with E-state index < -0.39 is 17.6 Å². The molecular formula is C9H9FN2O2. The third-order valence-corrected chi connectivity index (χ3v) is 1.72. The summed E-state index contributed by atoms with van der Waals surface area (Å²) in [6.45, 7) is 0. The number of carbonyl (C=O) groups is 2. The van der Waals surface area contributed by atoms with Crippen LogP contribution in [0.1, 0.15) is 20.7 Å². The minimum atomic E-state index is -0.830. The molecule has 0 bridgehead atoms. The van der Waals surface area contributed by atoms with E-state index in [9.17, 15) is 14.0 Å². The van der Waals surface area contributed by atoms with Crippen LogP contribution >= 0.6 is 0 Å². The second-order valence-corrected chi connectivity index (χ2v) is 2.63. The molecule has 5 heteroatoms. The Morgan fingerprint density at radius 3 is 2.50 bits per heavy atom. The van der Waals surface area contributed by atoms with Crippen molar-refractivity contribution in [3.05, 3.63) is 35.1 Å². The molecule has 0 saturated carbocycles. The van der Waals surface area contributed by atoms with Gasteiger partial charge in [-0.1, -0.05) is 0 Å². The maximum absolute atomic E-state index is 12.7. The summed E-state index contributed by atoms with van der Waals surface area (Å²) < 4.78 is 12.7. The van der Waals surface area contributed by atoms with E-state index in [4.69, 9.17) is 5.73 Å². The summed E-state index contributed by atoms with van der Waals surface area (Å²) in [5, 5.41) is 2.33. The fourth-order valence-electron chi connectivity index (χ4n) is 1.05. The zero-order valence-electron chi connectivity index (χ0n) is 7.50. The normalized spacial score (nSPS) is 9.57. The molecule has 0 heterocycles. The maximum Gasteiger partial charge on any atom is 0.251 e. The van der Waals surface area contributed by atoms with Crippen molar-refractivity contribution < 1.29 is 14.0 Å². The molecule has 0 atom stereocenters. The number of rotatable bonds is 2. The van der Waals surface area contributed by atoms with Gasteiger partial charge in [0.15, 0.2) is 0 Å². The first-order valence-corrected chi connectivity index (χ1v) is 3.87. The highest BCUT2D eigenvalue weighted by Gasteiger charge is 2.14. The number of nitrogens with two attached hydrogens (primary N) is 1. The quantitative estimate of drug-likeness (QED) is 0.713. The Bertz CT molecular complexity index is 390. The van der Waals surface area contributed by atoms with Gasteiger partial charge in [-0.3, -0.25) is 9.59 Å². The van der Waals surface area contributed by atoms with Crippen LogP contribution in [0.25, 0.3) is 0 Å². The van der Waals surface area contributed by atoms with Crippen LogP contribution in [0.15, 0.2) is 18.2 Å². The van der Waals surface area contributed by atoms with Crippen LogP contribution in [0.5, 0.6) is 0 Å². The van der Waals surface area contributed by atoms with E-state index in [0.717, 1.165) is 12.1 Å². The van der Waals surface area contributed by atoms with Crippen molar-refractivity contribution in [3.63, 3.8) is 0 Å². The SMILES string of the molecule is CNC(=O)c1ccc(F)cc1C(N)=O. The summed E-state index contributed by atoms with van der Waals surface area (Å²) in [5.74, 6) is -1.91. The first-order valence-electron chi connectivity index (χ1n) is 3.87. The van der Waals surface area contributed by atoms with Gasteiger partial charge < -0.3 is 11.1 Å². The molecule has 4 nitrogen and oxygen atoms in total. The van der Waals surface area contributed by atoms with Gasteiger partial charge in [-0.15, -0.1) is 0 Å². The second-order valence-electron chi connectivity index (χ2n) is 2.63. The number of nitrogens with one attached hydrogen (secondary N) is 1. The van der Waals surface area contributed by atoms with E-state index >= 15 is 0 Å². The number of amides is 2. The van der Waals surface area contributed by atoms with E-state index in [2.05, 4.69) is 5.32 Å². The number of primary amides is 1. The second kappa shape index (κ2) is 3.87. The molecule has 1 rings (SSSR count). The molecule has 3 N–H and O–H groups in total. The third-order valence-electron chi connectivity index (χ3n) is 1.72. The van der Waals surface area contributed by atoms with Crippen LogP contribution in [0.3, 0.4) is 0 Å².